The summed E-state index contributed by atoms with van der Waals surface area (Å²) < 4.78 is 44.2. The van der Waals surface area contributed by atoms with Gasteiger partial charge in [-0.1, -0.05) is 6.07 Å². The molecule has 0 saturated carbocycles. The number of nitrogens with zero attached hydrogens (tertiary/aromatic N) is 5. The molecule has 1 N–H and O–H groups in total. The molecule has 0 spiro atoms. The molecule has 0 aliphatic rings. The Kier molecular flexibility index (Phi) is 4.11. The first kappa shape index (κ1) is 17.2. The van der Waals surface area contributed by atoms with Crippen molar-refractivity contribution in [1.29, 1.82) is 0 Å². The Morgan fingerprint density at radius 1 is 1.15 bits per heavy atom. The van der Waals surface area contributed by atoms with Gasteiger partial charge in [-0.2, -0.15) is 4.98 Å². The fraction of sp³-hybridized carbons (Fsp3) is 0.0625. The van der Waals surface area contributed by atoms with Crippen LogP contribution in [0.15, 0.2) is 55.1 Å². The lowest BCUT2D eigenvalue weighted by Crippen LogP contribution is -2.17. The summed E-state index contributed by atoms with van der Waals surface area (Å²) in [4.78, 5) is 8.32. The predicted octanol–water partition coefficient (Wildman–Crippen LogP) is 4.21. The van der Waals surface area contributed by atoms with E-state index in [4.69, 9.17) is 11.6 Å². The number of alkyl halides is 3. The highest BCUT2D eigenvalue weighted by molar-refractivity contribution is 6.28. The molecular weight excluding hydrogens is 385 g/mol. The minimum atomic E-state index is -4.75. The third-order valence-electron chi connectivity index (χ3n) is 3.54. The molecule has 4 rings (SSSR count). The predicted molar refractivity (Wildman–Crippen MR) is 91.5 cm³/mol. The SMILES string of the molecule is FC(F)(F)Oc1cccc(-n2cnc(Nc3nc(Cl)nn4cccc34)c2)c1. The maximum atomic E-state index is 12.4. The van der Waals surface area contributed by atoms with Gasteiger partial charge in [0.15, 0.2) is 5.82 Å². The molecule has 0 aliphatic heterocycles. The minimum Gasteiger partial charge on any atom is -0.406 e. The molecule has 27 heavy (non-hydrogen) atoms. The molecule has 11 heteroatoms. The van der Waals surface area contributed by atoms with Crippen LogP contribution in [0.3, 0.4) is 0 Å². The molecule has 0 aliphatic carbocycles. The molecule has 4 aromatic rings. The second kappa shape index (κ2) is 6.47. The van der Waals surface area contributed by atoms with E-state index in [0.29, 0.717) is 22.8 Å². The van der Waals surface area contributed by atoms with Crippen molar-refractivity contribution < 1.29 is 17.9 Å². The first-order chi connectivity index (χ1) is 12.9. The van der Waals surface area contributed by atoms with Crippen LogP contribution in [-0.4, -0.2) is 30.5 Å². The zero-order valence-corrected chi connectivity index (χ0v) is 14.1. The smallest absolute Gasteiger partial charge is 0.406 e. The van der Waals surface area contributed by atoms with Crippen LogP contribution in [0.5, 0.6) is 5.75 Å². The number of anilines is 2. The maximum absolute atomic E-state index is 12.4. The zero-order valence-electron chi connectivity index (χ0n) is 13.4. The van der Waals surface area contributed by atoms with Gasteiger partial charge in [0.25, 0.3) is 0 Å². The van der Waals surface area contributed by atoms with Crippen LogP contribution < -0.4 is 10.1 Å². The molecule has 0 unspecified atom stereocenters. The summed E-state index contributed by atoms with van der Waals surface area (Å²) in [6.07, 6.45) is 0.0171. The van der Waals surface area contributed by atoms with E-state index in [2.05, 4.69) is 25.1 Å². The van der Waals surface area contributed by atoms with Crippen LogP contribution in [0.1, 0.15) is 0 Å². The van der Waals surface area contributed by atoms with E-state index in [1.165, 1.54) is 24.5 Å². The average Bonchev–Trinajstić information content (AvgIpc) is 3.22. The van der Waals surface area contributed by atoms with Crippen LogP contribution in [-0.2, 0) is 0 Å². The van der Waals surface area contributed by atoms with Gasteiger partial charge < -0.3 is 14.6 Å². The second-order valence-electron chi connectivity index (χ2n) is 5.40. The molecule has 3 aromatic heterocycles. The molecule has 1 aromatic carbocycles. The summed E-state index contributed by atoms with van der Waals surface area (Å²) in [5.74, 6) is 0.551. The maximum Gasteiger partial charge on any atom is 0.573 e. The highest BCUT2D eigenvalue weighted by Crippen LogP contribution is 2.26. The third kappa shape index (κ3) is 3.80. The fourth-order valence-electron chi connectivity index (χ4n) is 2.49. The monoisotopic (exact) mass is 394 g/mol. The Bertz CT molecular complexity index is 1110. The van der Waals surface area contributed by atoms with Gasteiger partial charge in [-0.15, -0.1) is 18.3 Å². The van der Waals surface area contributed by atoms with Crippen molar-refractivity contribution in [3.05, 3.63) is 60.4 Å². The van der Waals surface area contributed by atoms with Crippen molar-refractivity contribution in [2.75, 3.05) is 5.32 Å². The van der Waals surface area contributed by atoms with E-state index < -0.39 is 6.36 Å². The number of hydrogen-bond donors (Lipinski definition) is 1. The number of nitrogens with one attached hydrogen (secondary N) is 1. The minimum absolute atomic E-state index is 0.0534. The van der Waals surface area contributed by atoms with Gasteiger partial charge in [0, 0.05) is 12.3 Å². The summed E-state index contributed by atoms with van der Waals surface area (Å²) in [7, 11) is 0. The first-order valence-electron chi connectivity index (χ1n) is 7.55. The van der Waals surface area contributed by atoms with E-state index in [1.807, 2.05) is 0 Å². The number of fused-ring (bicyclic) bond motifs is 1. The van der Waals surface area contributed by atoms with Crippen LogP contribution in [0.4, 0.5) is 24.8 Å². The van der Waals surface area contributed by atoms with Gasteiger partial charge in [0.05, 0.1) is 11.9 Å². The Morgan fingerprint density at radius 2 is 2.00 bits per heavy atom. The molecule has 0 bridgehead atoms. The Hall–Kier alpha value is -3.27. The summed E-state index contributed by atoms with van der Waals surface area (Å²) in [5, 5.41) is 7.10. The lowest BCUT2D eigenvalue weighted by Gasteiger charge is -2.10. The second-order valence-corrected chi connectivity index (χ2v) is 5.74. The average molecular weight is 395 g/mol. The van der Waals surface area contributed by atoms with Gasteiger partial charge in [-0.3, -0.25) is 0 Å². The van der Waals surface area contributed by atoms with Gasteiger partial charge in [0.1, 0.15) is 23.4 Å². The molecule has 0 atom stereocenters. The van der Waals surface area contributed by atoms with E-state index in [9.17, 15) is 13.2 Å². The van der Waals surface area contributed by atoms with Crippen LogP contribution in [0.25, 0.3) is 11.2 Å². The summed E-state index contributed by atoms with van der Waals surface area (Å²) in [6, 6.07) is 9.15. The Morgan fingerprint density at radius 3 is 2.81 bits per heavy atom. The zero-order chi connectivity index (χ0) is 19.0. The molecule has 0 radical (unpaired) electrons. The van der Waals surface area contributed by atoms with E-state index in [-0.39, 0.29) is 11.0 Å². The van der Waals surface area contributed by atoms with Crippen molar-refractivity contribution >= 4 is 28.8 Å². The summed E-state index contributed by atoms with van der Waals surface area (Å²) >= 11 is 5.90. The summed E-state index contributed by atoms with van der Waals surface area (Å²) in [6.45, 7) is 0. The topological polar surface area (TPSA) is 69.3 Å². The van der Waals surface area contributed by atoms with Gasteiger partial charge in [-0.25, -0.2) is 9.50 Å². The Labute approximate surface area is 155 Å². The number of rotatable bonds is 4. The normalized spacial score (nSPS) is 11.7. The van der Waals surface area contributed by atoms with Gasteiger partial charge >= 0.3 is 6.36 Å². The molecule has 7 nitrogen and oxygen atoms in total. The molecule has 138 valence electrons. The van der Waals surface area contributed by atoms with E-state index in [0.717, 1.165) is 0 Å². The lowest BCUT2D eigenvalue weighted by atomic mass is 10.3. The molecule has 0 fully saturated rings. The number of aromatic nitrogens is 5. The van der Waals surface area contributed by atoms with Crippen molar-refractivity contribution in [1.82, 2.24) is 24.1 Å². The number of benzene rings is 1. The number of ether oxygens (including phenoxy) is 1. The lowest BCUT2D eigenvalue weighted by molar-refractivity contribution is -0.274. The fourth-order valence-corrected chi connectivity index (χ4v) is 2.66. The number of imidazole rings is 1. The van der Waals surface area contributed by atoms with Gasteiger partial charge in [-0.05, 0) is 35.9 Å². The summed E-state index contributed by atoms with van der Waals surface area (Å²) in [5.41, 5.74) is 1.14. The highest BCUT2D eigenvalue weighted by atomic mass is 35.5. The molecule has 3 heterocycles. The Balaban J connectivity index is 1.60. The number of halogens is 4. The van der Waals surface area contributed by atoms with Crippen LogP contribution >= 0.6 is 11.6 Å². The van der Waals surface area contributed by atoms with Crippen LogP contribution in [0.2, 0.25) is 5.28 Å². The quantitative estimate of drug-likeness (QED) is 0.561. The van der Waals surface area contributed by atoms with E-state index in [1.54, 1.807) is 39.7 Å². The van der Waals surface area contributed by atoms with Crippen molar-refractivity contribution in [3.8, 4) is 11.4 Å². The van der Waals surface area contributed by atoms with Crippen molar-refractivity contribution in [2.45, 2.75) is 6.36 Å². The van der Waals surface area contributed by atoms with Gasteiger partial charge in [0.2, 0.25) is 5.28 Å². The van der Waals surface area contributed by atoms with E-state index >= 15 is 0 Å². The third-order valence-corrected chi connectivity index (χ3v) is 3.70. The van der Waals surface area contributed by atoms with Crippen molar-refractivity contribution in [3.63, 3.8) is 0 Å². The molecular formula is C16H10ClF3N6O. The van der Waals surface area contributed by atoms with Crippen molar-refractivity contribution in [2.24, 2.45) is 0 Å². The standard InChI is InChI=1S/C16H10ClF3N6O/c17-15-23-14(12-5-2-6-26(12)24-15)22-13-8-25(9-21-13)10-3-1-4-11(7-10)27-16(18,19)20/h1-9H,(H,22,23,24). The number of hydrogen-bond acceptors (Lipinski definition) is 5. The molecule has 0 amide bonds. The van der Waals surface area contributed by atoms with Crippen LogP contribution in [0, 0.1) is 0 Å². The molecule has 0 saturated heterocycles. The largest absolute Gasteiger partial charge is 0.573 e. The highest BCUT2D eigenvalue weighted by Gasteiger charge is 2.31. The first-order valence-corrected chi connectivity index (χ1v) is 7.93.